The van der Waals surface area contributed by atoms with Crippen molar-refractivity contribution in [2.24, 2.45) is 23.7 Å². The van der Waals surface area contributed by atoms with Crippen LogP contribution in [-0.4, -0.2) is 31.0 Å². The smallest absolute Gasteiger partial charge is 0.400 e. The summed E-state index contributed by atoms with van der Waals surface area (Å²) in [6.45, 7) is 2.16. The Labute approximate surface area is 219 Å². The molecule has 2 unspecified atom stereocenters. The third-order valence-corrected chi connectivity index (χ3v) is 8.60. The molecule has 3 nitrogen and oxygen atoms in total. The summed E-state index contributed by atoms with van der Waals surface area (Å²) in [7, 11) is 0. The number of rotatable bonds is 9. The Hall–Kier alpha value is -1.55. The second-order valence-electron chi connectivity index (χ2n) is 11.2. The van der Waals surface area contributed by atoms with Gasteiger partial charge < -0.3 is 14.2 Å². The van der Waals surface area contributed by atoms with E-state index in [1.165, 1.54) is 0 Å². The minimum Gasteiger partial charge on any atom is -0.432 e. The molecule has 4 rings (SSSR count). The van der Waals surface area contributed by atoms with Gasteiger partial charge in [0, 0.05) is 12.1 Å². The predicted molar refractivity (Wildman–Crippen MR) is 126 cm³/mol. The summed E-state index contributed by atoms with van der Waals surface area (Å²) in [5.74, 6) is -7.15. The molecule has 1 saturated heterocycles. The van der Waals surface area contributed by atoms with Crippen molar-refractivity contribution in [3.05, 3.63) is 29.6 Å². The van der Waals surface area contributed by atoms with Crippen molar-refractivity contribution in [1.29, 1.82) is 0 Å². The van der Waals surface area contributed by atoms with Gasteiger partial charge in [-0.1, -0.05) is 19.8 Å². The largest absolute Gasteiger partial charge is 0.432 e. The van der Waals surface area contributed by atoms with Crippen LogP contribution in [0.1, 0.15) is 84.0 Å². The molecular weight excluding hydrogens is 517 g/mol. The minimum absolute atomic E-state index is 0.00179. The average Bonchev–Trinajstić information content (AvgIpc) is 2.88. The number of benzene rings is 1. The molecule has 0 bridgehead atoms. The first-order valence-corrected chi connectivity index (χ1v) is 13.9. The van der Waals surface area contributed by atoms with Gasteiger partial charge in [0.1, 0.15) is 5.75 Å². The second kappa shape index (κ2) is 12.3. The van der Waals surface area contributed by atoms with Crippen molar-refractivity contribution >= 4 is 0 Å². The lowest BCUT2D eigenvalue weighted by molar-refractivity contribution is -0.311. The fraction of sp³-hybridized carbons (Fsp3) is 0.786. The maximum atomic E-state index is 14.8. The van der Waals surface area contributed by atoms with E-state index < -0.39 is 53.4 Å². The van der Waals surface area contributed by atoms with Crippen LogP contribution < -0.4 is 4.74 Å². The SMILES string of the molecule is CCCC1CCC(C(F)(F)OC2CCC(C3CCC(C(F)(F)Oc4cc(F)c(F)c(F)c4)CC3)OC2)CC1. The number of alkyl halides is 4. The molecule has 2 aliphatic carbocycles. The summed E-state index contributed by atoms with van der Waals surface area (Å²) in [5.41, 5.74) is 0. The molecule has 0 spiro atoms. The van der Waals surface area contributed by atoms with Gasteiger partial charge in [-0.15, -0.1) is 0 Å². The highest BCUT2D eigenvalue weighted by Gasteiger charge is 2.47. The Kier molecular flexibility index (Phi) is 9.54. The third kappa shape index (κ3) is 7.14. The van der Waals surface area contributed by atoms with E-state index in [9.17, 15) is 30.7 Å². The molecule has 1 aromatic carbocycles. The Morgan fingerprint density at radius 2 is 1.37 bits per heavy atom. The Balaban J connectivity index is 1.21. The van der Waals surface area contributed by atoms with Gasteiger partial charge >= 0.3 is 12.2 Å². The van der Waals surface area contributed by atoms with Crippen molar-refractivity contribution in [3.8, 4) is 5.75 Å². The molecule has 2 atom stereocenters. The molecule has 2 saturated carbocycles. The zero-order valence-electron chi connectivity index (χ0n) is 21.7. The molecule has 0 radical (unpaired) electrons. The van der Waals surface area contributed by atoms with Gasteiger partial charge in [-0.25, -0.2) is 13.2 Å². The van der Waals surface area contributed by atoms with Gasteiger partial charge in [-0.2, -0.15) is 17.6 Å². The second-order valence-corrected chi connectivity index (χ2v) is 11.2. The molecule has 0 N–H and O–H groups in total. The Morgan fingerprint density at radius 1 is 0.789 bits per heavy atom. The molecule has 10 heteroatoms. The first-order chi connectivity index (χ1) is 18.0. The fourth-order valence-corrected chi connectivity index (χ4v) is 6.39. The van der Waals surface area contributed by atoms with Crippen LogP contribution in [0.15, 0.2) is 12.1 Å². The number of ether oxygens (including phenoxy) is 3. The third-order valence-electron chi connectivity index (χ3n) is 8.60. The summed E-state index contributed by atoms with van der Waals surface area (Å²) >= 11 is 0. The topological polar surface area (TPSA) is 27.7 Å². The van der Waals surface area contributed by atoms with E-state index in [1.807, 2.05) is 0 Å². The molecule has 1 aromatic rings. The zero-order chi connectivity index (χ0) is 27.5. The van der Waals surface area contributed by atoms with E-state index in [1.54, 1.807) is 0 Å². The summed E-state index contributed by atoms with van der Waals surface area (Å²) in [6, 6.07) is 0.792. The van der Waals surface area contributed by atoms with Crippen LogP contribution in [0.3, 0.4) is 0 Å². The van der Waals surface area contributed by atoms with Gasteiger partial charge in [-0.3, -0.25) is 0 Å². The average molecular weight is 555 g/mol. The van der Waals surface area contributed by atoms with Crippen LogP contribution in [0.4, 0.5) is 30.7 Å². The Bertz CT molecular complexity index is 881. The number of hydrogen-bond donors (Lipinski definition) is 0. The van der Waals surface area contributed by atoms with Crippen LogP contribution in [0.25, 0.3) is 0 Å². The van der Waals surface area contributed by atoms with E-state index in [-0.39, 0.29) is 31.5 Å². The normalized spacial score (nSPS) is 31.3. The first kappa shape index (κ1) is 29.4. The van der Waals surface area contributed by atoms with Gasteiger partial charge in [0.25, 0.3) is 0 Å². The van der Waals surface area contributed by atoms with Gasteiger partial charge in [0.05, 0.1) is 30.7 Å². The summed E-state index contributed by atoms with van der Waals surface area (Å²) in [4.78, 5) is 0. The van der Waals surface area contributed by atoms with E-state index in [0.29, 0.717) is 56.6 Å². The fourth-order valence-electron chi connectivity index (χ4n) is 6.39. The van der Waals surface area contributed by atoms with Crippen molar-refractivity contribution in [3.63, 3.8) is 0 Å². The maximum absolute atomic E-state index is 14.8. The van der Waals surface area contributed by atoms with Crippen molar-refractivity contribution in [2.75, 3.05) is 6.61 Å². The van der Waals surface area contributed by atoms with E-state index >= 15 is 0 Å². The summed E-state index contributed by atoms with van der Waals surface area (Å²) < 4.78 is 114. The zero-order valence-corrected chi connectivity index (χ0v) is 21.7. The molecule has 3 fully saturated rings. The number of halogens is 7. The highest BCUT2D eigenvalue weighted by atomic mass is 19.3. The molecule has 0 aromatic heterocycles. The van der Waals surface area contributed by atoms with Crippen molar-refractivity contribution in [2.45, 2.75) is 108 Å². The van der Waals surface area contributed by atoms with Crippen LogP contribution in [-0.2, 0) is 9.47 Å². The monoisotopic (exact) mass is 554 g/mol. The molecule has 0 amide bonds. The van der Waals surface area contributed by atoms with Gasteiger partial charge in [0.15, 0.2) is 17.5 Å². The lowest BCUT2D eigenvalue weighted by atomic mass is 9.77. The lowest BCUT2D eigenvalue weighted by Gasteiger charge is -2.40. The van der Waals surface area contributed by atoms with Gasteiger partial charge in [0.2, 0.25) is 0 Å². The Morgan fingerprint density at radius 3 is 1.92 bits per heavy atom. The highest BCUT2D eigenvalue weighted by Crippen LogP contribution is 2.44. The molecule has 3 aliphatic rings. The molecule has 1 heterocycles. The molecule has 1 aliphatic heterocycles. The van der Waals surface area contributed by atoms with Crippen LogP contribution in [0.5, 0.6) is 5.75 Å². The summed E-state index contributed by atoms with van der Waals surface area (Å²) in [6.07, 6.45) is -1.10. The van der Waals surface area contributed by atoms with E-state index in [4.69, 9.17) is 9.47 Å². The standard InChI is InChI=1S/C28H37F7O3/c1-2-3-17-4-8-19(9-5-17)27(32,33)37-21-12-13-25(36-16-21)18-6-10-20(11-7-18)28(34,35)38-22-14-23(29)26(31)24(30)15-22/h14-15,17-21,25H,2-13,16H2,1H3. The van der Waals surface area contributed by atoms with Gasteiger partial charge in [-0.05, 0) is 76.0 Å². The lowest BCUT2D eigenvalue weighted by Crippen LogP contribution is -2.44. The van der Waals surface area contributed by atoms with Crippen molar-refractivity contribution < 1.29 is 44.9 Å². The maximum Gasteiger partial charge on any atom is 0.400 e. The molecule has 38 heavy (non-hydrogen) atoms. The van der Waals surface area contributed by atoms with Crippen molar-refractivity contribution in [1.82, 2.24) is 0 Å². The van der Waals surface area contributed by atoms with Crippen LogP contribution in [0.2, 0.25) is 0 Å². The predicted octanol–water partition coefficient (Wildman–Crippen LogP) is 8.65. The molecule has 216 valence electrons. The van der Waals surface area contributed by atoms with E-state index in [0.717, 1.165) is 25.7 Å². The van der Waals surface area contributed by atoms with E-state index in [2.05, 4.69) is 11.7 Å². The van der Waals surface area contributed by atoms with Crippen LogP contribution in [0, 0.1) is 41.1 Å². The number of hydrogen-bond acceptors (Lipinski definition) is 3. The van der Waals surface area contributed by atoms with Crippen LogP contribution >= 0.6 is 0 Å². The summed E-state index contributed by atoms with van der Waals surface area (Å²) in [5, 5.41) is 0. The highest BCUT2D eigenvalue weighted by molar-refractivity contribution is 5.25. The first-order valence-electron chi connectivity index (χ1n) is 13.9. The quantitative estimate of drug-likeness (QED) is 0.226. The minimum atomic E-state index is -3.69. The molecular formula is C28H37F7O3.